The molecule has 26 heavy (non-hydrogen) atoms. The van der Waals surface area contributed by atoms with Crippen LogP contribution in [0.15, 0.2) is 65.8 Å². The normalized spacial score (nSPS) is 12.3. The summed E-state index contributed by atoms with van der Waals surface area (Å²) in [4.78, 5) is 0. The van der Waals surface area contributed by atoms with E-state index in [1.165, 1.54) is 42.5 Å². The van der Waals surface area contributed by atoms with Gasteiger partial charge in [0.25, 0.3) is 0 Å². The van der Waals surface area contributed by atoms with Crippen LogP contribution in [-0.4, -0.2) is 0 Å². The molecule has 144 valence electrons. The summed E-state index contributed by atoms with van der Waals surface area (Å²) in [6, 6.07) is 6.60. The summed E-state index contributed by atoms with van der Waals surface area (Å²) < 4.78 is 12.9. The minimum absolute atomic E-state index is 0.209. The number of halogens is 1. The van der Waals surface area contributed by atoms with E-state index < -0.39 is 0 Å². The van der Waals surface area contributed by atoms with Gasteiger partial charge >= 0.3 is 0 Å². The average molecular weight is 357 g/mol. The van der Waals surface area contributed by atoms with Gasteiger partial charge in [-0.05, 0) is 81.4 Å². The molecule has 1 aromatic rings. The maximum Gasteiger partial charge on any atom is 0.123 e. The molecule has 1 rings (SSSR count). The van der Waals surface area contributed by atoms with Crippen LogP contribution in [0.5, 0.6) is 0 Å². The van der Waals surface area contributed by atoms with E-state index in [0.29, 0.717) is 0 Å². The van der Waals surface area contributed by atoms with Crippen molar-refractivity contribution in [1.82, 2.24) is 0 Å². The lowest BCUT2D eigenvalue weighted by Gasteiger charge is -2.13. The predicted octanol–water partition coefficient (Wildman–Crippen LogP) is 8.53. The average Bonchev–Trinajstić information content (AvgIpc) is 2.61. The molecule has 0 amide bonds. The maximum atomic E-state index is 12.9. The van der Waals surface area contributed by atoms with Crippen molar-refractivity contribution >= 4 is 5.57 Å². The van der Waals surface area contributed by atoms with E-state index in [1.807, 2.05) is 32.9 Å². The van der Waals surface area contributed by atoms with E-state index in [0.717, 1.165) is 28.2 Å². The minimum Gasteiger partial charge on any atom is -0.207 e. The fourth-order valence-electron chi connectivity index (χ4n) is 2.78. The molecule has 0 aromatic heterocycles. The van der Waals surface area contributed by atoms with Gasteiger partial charge < -0.3 is 0 Å². The van der Waals surface area contributed by atoms with Crippen LogP contribution in [0.2, 0.25) is 0 Å². The van der Waals surface area contributed by atoms with E-state index >= 15 is 0 Å². The minimum atomic E-state index is -0.209. The molecular weight excluding hydrogens is 319 g/mol. The smallest absolute Gasteiger partial charge is 0.123 e. The SMILES string of the molecule is C=C(C)/C(C)=C(\C(C)=C/C)c1ccc(F)cc1.C=C(C)CC(CC)CC. The van der Waals surface area contributed by atoms with Crippen LogP contribution in [0, 0.1) is 11.7 Å². The highest BCUT2D eigenvalue weighted by atomic mass is 19.1. The Kier molecular flexibility index (Phi) is 11.6. The quantitative estimate of drug-likeness (QED) is 0.339. The summed E-state index contributed by atoms with van der Waals surface area (Å²) in [6.07, 6.45) is 5.87. The van der Waals surface area contributed by atoms with Gasteiger partial charge in [0.1, 0.15) is 5.82 Å². The highest BCUT2D eigenvalue weighted by Crippen LogP contribution is 2.29. The van der Waals surface area contributed by atoms with Gasteiger partial charge in [0.05, 0.1) is 0 Å². The Labute approximate surface area is 161 Å². The molecular formula is C25H37F. The number of hydrogen-bond donors (Lipinski definition) is 0. The molecule has 0 saturated heterocycles. The summed E-state index contributed by atoms with van der Waals surface area (Å²) in [5, 5.41) is 0. The van der Waals surface area contributed by atoms with Gasteiger partial charge in [-0.1, -0.05) is 62.6 Å². The van der Waals surface area contributed by atoms with Gasteiger partial charge in [0.15, 0.2) is 0 Å². The van der Waals surface area contributed by atoms with Crippen molar-refractivity contribution in [3.8, 4) is 0 Å². The molecule has 0 N–H and O–H groups in total. The Balaban J connectivity index is 0.000000590. The van der Waals surface area contributed by atoms with Gasteiger partial charge in [-0.2, -0.15) is 0 Å². The van der Waals surface area contributed by atoms with Crippen molar-refractivity contribution in [2.24, 2.45) is 5.92 Å². The molecule has 0 saturated carbocycles. The van der Waals surface area contributed by atoms with Gasteiger partial charge in [-0.15, -0.1) is 6.58 Å². The fourth-order valence-corrected chi connectivity index (χ4v) is 2.78. The molecule has 0 aliphatic heterocycles. The fraction of sp³-hybridized carbons (Fsp3) is 0.440. The van der Waals surface area contributed by atoms with Crippen molar-refractivity contribution in [2.75, 3.05) is 0 Å². The van der Waals surface area contributed by atoms with E-state index in [2.05, 4.69) is 46.9 Å². The van der Waals surface area contributed by atoms with Gasteiger partial charge in [-0.25, -0.2) is 4.39 Å². The predicted molar refractivity (Wildman–Crippen MR) is 117 cm³/mol. The number of hydrogen-bond acceptors (Lipinski definition) is 0. The third kappa shape index (κ3) is 8.47. The second-order valence-electron chi connectivity index (χ2n) is 7.10. The lowest BCUT2D eigenvalue weighted by atomic mass is 9.91. The second-order valence-corrected chi connectivity index (χ2v) is 7.10. The molecule has 1 heteroatoms. The Morgan fingerprint density at radius 2 is 1.50 bits per heavy atom. The molecule has 0 fully saturated rings. The molecule has 0 bridgehead atoms. The molecule has 0 heterocycles. The highest BCUT2D eigenvalue weighted by molar-refractivity contribution is 5.82. The standard InChI is InChI=1S/C16H19F.C9H18/c1-6-12(4)16(13(5)11(2)3)14-7-9-15(17)10-8-14;1-5-9(6-2)7-8(3)4/h6-10H,2H2,1,3-5H3;9H,3,5-7H2,1-2,4H3/b12-6-,16-13+;. The first-order chi connectivity index (χ1) is 12.2. The highest BCUT2D eigenvalue weighted by Gasteiger charge is 2.08. The first-order valence-corrected chi connectivity index (χ1v) is 9.58. The summed E-state index contributed by atoms with van der Waals surface area (Å²) in [6.45, 7) is 22.6. The van der Waals surface area contributed by atoms with Crippen LogP contribution in [-0.2, 0) is 0 Å². The van der Waals surface area contributed by atoms with Crippen LogP contribution >= 0.6 is 0 Å². The third-order valence-electron chi connectivity index (χ3n) is 4.77. The maximum absolute atomic E-state index is 12.9. The lowest BCUT2D eigenvalue weighted by molar-refractivity contribution is 0.489. The summed E-state index contributed by atoms with van der Waals surface area (Å²) in [5.41, 5.74) is 6.85. The zero-order valence-corrected chi connectivity index (χ0v) is 17.9. The van der Waals surface area contributed by atoms with Crippen LogP contribution in [0.25, 0.3) is 5.57 Å². The molecule has 0 radical (unpaired) electrons. The first-order valence-electron chi connectivity index (χ1n) is 9.58. The van der Waals surface area contributed by atoms with Crippen LogP contribution < -0.4 is 0 Å². The number of rotatable bonds is 7. The van der Waals surface area contributed by atoms with E-state index in [4.69, 9.17) is 0 Å². The van der Waals surface area contributed by atoms with Crippen molar-refractivity contribution in [3.05, 3.63) is 77.2 Å². The topological polar surface area (TPSA) is 0 Å². The summed E-state index contributed by atoms with van der Waals surface area (Å²) in [5.74, 6) is 0.668. The zero-order chi connectivity index (χ0) is 20.3. The van der Waals surface area contributed by atoms with Gasteiger partial charge in [0.2, 0.25) is 0 Å². The number of allylic oxidation sites excluding steroid dienone is 6. The second kappa shape index (κ2) is 12.5. The van der Waals surface area contributed by atoms with Gasteiger partial charge in [0, 0.05) is 0 Å². The lowest BCUT2D eigenvalue weighted by Crippen LogP contribution is -1.95. The van der Waals surface area contributed by atoms with Crippen LogP contribution in [0.4, 0.5) is 4.39 Å². The van der Waals surface area contributed by atoms with Crippen molar-refractivity contribution in [3.63, 3.8) is 0 Å². The van der Waals surface area contributed by atoms with Crippen molar-refractivity contribution in [1.29, 1.82) is 0 Å². The molecule has 0 unspecified atom stereocenters. The summed E-state index contributed by atoms with van der Waals surface area (Å²) in [7, 11) is 0. The molecule has 0 atom stereocenters. The largest absolute Gasteiger partial charge is 0.207 e. The molecule has 0 aliphatic rings. The Bertz CT molecular complexity index is 637. The zero-order valence-electron chi connectivity index (χ0n) is 17.9. The van der Waals surface area contributed by atoms with E-state index in [9.17, 15) is 4.39 Å². The Morgan fingerprint density at radius 1 is 1.00 bits per heavy atom. The van der Waals surface area contributed by atoms with Crippen molar-refractivity contribution in [2.45, 2.75) is 67.7 Å². The van der Waals surface area contributed by atoms with Crippen LogP contribution in [0.1, 0.15) is 73.3 Å². The monoisotopic (exact) mass is 356 g/mol. The van der Waals surface area contributed by atoms with Gasteiger partial charge in [-0.3, -0.25) is 0 Å². The van der Waals surface area contributed by atoms with E-state index in [1.54, 1.807) is 0 Å². The molecule has 0 nitrogen and oxygen atoms in total. The van der Waals surface area contributed by atoms with Crippen LogP contribution in [0.3, 0.4) is 0 Å². The Hall–Kier alpha value is -1.89. The van der Waals surface area contributed by atoms with E-state index in [-0.39, 0.29) is 5.82 Å². The molecule has 0 spiro atoms. The molecule has 1 aromatic carbocycles. The van der Waals surface area contributed by atoms with Crippen molar-refractivity contribution < 1.29 is 4.39 Å². The number of benzene rings is 1. The third-order valence-corrected chi connectivity index (χ3v) is 4.77. The first kappa shape index (κ1) is 24.1. The summed E-state index contributed by atoms with van der Waals surface area (Å²) >= 11 is 0. The Morgan fingerprint density at radius 3 is 1.81 bits per heavy atom. The molecule has 0 aliphatic carbocycles.